The van der Waals surface area contributed by atoms with Crippen LogP contribution in [0.15, 0.2) is 30.3 Å². The molecule has 112 valence electrons. The van der Waals surface area contributed by atoms with Crippen molar-refractivity contribution >= 4 is 17.3 Å². The van der Waals surface area contributed by atoms with Crippen LogP contribution >= 0.6 is 11.6 Å². The van der Waals surface area contributed by atoms with E-state index in [1.54, 1.807) is 0 Å². The third-order valence-electron chi connectivity index (χ3n) is 2.70. The zero-order valence-electron chi connectivity index (χ0n) is 11.2. The number of nitro groups is 1. The lowest BCUT2D eigenvalue weighted by molar-refractivity contribution is -0.388. The van der Waals surface area contributed by atoms with Crippen molar-refractivity contribution in [3.8, 4) is 23.3 Å². The summed E-state index contributed by atoms with van der Waals surface area (Å²) in [5, 5.41) is 19.8. The van der Waals surface area contributed by atoms with E-state index in [1.165, 1.54) is 31.4 Å². The number of halogens is 2. The van der Waals surface area contributed by atoms with E-state index in [-0.39, 0.29) is 22.3 Å². The monoisotopic (exact) mass is 322 g/mol. The molecule has 2 aromatic rings. The molecule has 0 aromatic heterocycles. The molecule has 0 amide bonds. The van der Waals surface area contributed by atoms with Gasteiger partial charge in [-0.25, -0.2) is 0 Å². The van der Waals surface area contributed by atoms with E-state index in [0.29, 0.717) is 5.56 Å². The van der Waals surface area contributed by atoms with Gasteiger partial charge >= 0.3 is 5.69 Å². The van der Waals surface area contributed by atoms with Gasteiger partial charge in [0.25, 0.3) is 0 Å². The van der Waals surface area contributed by atoms with E-state index in [2.05, 4.69) is 0 Å². The van der Waals surface area contributed by atoms with E-state index < -0.39 is 16.4 Å². The van der Waals surface area contributed by atoms with Crippen LogP contribution < -0.4 is 9.47 Å². The number of nitrogens with zero attached hydrogens (tertiary/aromatic N) is 2. The predicted molar refractivity (Wildman–Crippen MR) is 75.8 cm³/mol. The first-order valence-electron chi connectivity index (χ1n) is 5.85. The summed E-state index contributed by atoms with van der Waals surface area (Å²) < 4.78 is 24.0. The van der Waals surface area contributed by atoms with Crippen molar-refractivity contribution in [1.82, 2.24) is 0 Å². The summed E-state index contributed by atoms with van der Waals surface area (Å²) in [6.07, 6.45) is 0. The molecule has 0 radical (unpaired) electrons. The van der Waals surface area contributed by atoms with Gasteiger partial charge in [-0.15, -0.1) is 0 Å². The average Bonchev–Trinajstić information content (AvgIpc) is 2.48. The molecule has 0 fully saturated rings. The number of rotatable bonds is 4. The lowest BCUT2D eigenvalue weighted by atomic mass is 10.2. The third-order valence-corrected chi connectivity index (χ3v) is 3.00. The maximum atomic E-state index is 13.8. The molecule has 2 aromatic carbocycles. The van der Waals surface area contributed by atoms with Crippen molar-refractivity contribution in [3.63, 3.8) is 0 Å². The topological polar surface area (TPSA) is 85.4 Å². The predicted octanol–water partition coefficient (Wildman–Crippen LogP) is 4.06. The van der Waals surface area contributed by atoms with Crippen molar-refractivity contribution in [2.75, 3.05) is 7.11 Å². The number of benzene rings is 2. The van der Waals surface area contributed by atoms with Crippen LogP contribution in [0.25, 0.3) is 0 Å². The first-order valence-corrected chi connectivity index (χ1v) is 6.23. The molecule has 0 N–H and O–H groups in total. The highest BCUT2D eigenvalue weighted by atomic mass is 35.5. The summed E-state index contributed by atoms with van der Waals surface area (Å²) in [5.74, 6) is -1.34. The van der Waals surface area contributed by atoms with Crippen LogP contribution in [0.3, 0.4) is 0 Å². The largest absolute Gasteiger partial charge is 0.497 e. The number of nitro benzene ring substituents is 1. The second-order valence-electron chi connectivity index (χ2n) is 4.07. The van der Waals surface area contributed by atoms with E-state index in [9.17, 15) is 14.5 Å². The number of hydrogen-bond donors (Lipinski definition) is 0. The van der Waals surface area contributed by atoms with Gasteiger partial charge in [0.05, 0.1) is 28.7 Å². The molecule has 0 heterocycles. The number of nitriles is 1. The van der Waals surface area contributed by atoms with Crippen molar-refractivity contribution in [1.29, 1.82) is 5.26 Å². The Morgan fingerprint density at radius 3 is 2.59 bits per heavy atom. The number of ether oxygens (including phenoxy) is 2. The minimum Gasteiger partial charge on any atom is -0.497 e. The normalized spacial score (nSPS) is 9.91. The fourth-order valence-electron chi connectivity index (χ4n) is 1.69. The number of hydrogen-bond acceptors (Lipinski definition) is 5. The van der Waals surface area contributed by atoms with Crippen LogP contribution in [0.5, 0.6) is 17.2 Å². The first kappa shape index (κ1) is 15.5. The molecule has 0 aliphatic carbocycles. The lowest BCUT2D eigenvalue weighted by Gasteiger charge is -2.10. The first-order chi connectivity index (χ1) is 10.5. The highest BCUT2D eigenvalue weighted by molar-refractivity contribution is 6.32. The van der Waals surface area contributed by atoms with E-state index in [0.717, 1.165) is 6.07 Å². The molecule has 2 rings (SSSR count). The highest BCUT2D eigenvalue weighted by Crippen LogP contribution is 2.39. The van der Waals surface area contributed by atoms with E-state index in [4.69, 9.17) is 26.3 Å². The zero-order valence-corrected chi connectivity index (χ0v) is 11.9. The van der Waals surface area contributed by atoms with Gasteiger partial charge in [0.1, 0.15) is 11.5 Å². The molecule has 6 nitrogen and oxygen atoms in total. The smallest absolute Gasteiger partial charge is 0.347 e. The SMILES string of the molecule is COc1cc(F)c([N+](=O)[O-])c(Oc2ccc(C#N)cc2Cl)c1. The van der Waals surface area contributed by atoms with Crippen LogP contribution in [0, 0.1) is 27.3 Å². The van der Waals surface area contributed by atoms with Gasteiger partial charge in [-0.1, -0.05) is 11.6 Å². The van der Waals surface area contributed by atoms with E-state index >= 15 is 0 Å². The van der Waals surface area contributed by atoms with Crippen molar-refractivity contribution < 1.29 is 18.8 Å². The van der Waals surface area contributed by atoms with Gasteiger partial charge < -0.3 is 9.47 Å². The average molecular weight is 323 g/mol. The molecular weight excluding hydrogens is 315 g/mol. The molecular formula is C14H8ClFN2O4. The van der Waals surface area contributed by atoms with Crippen LogP contribution in [-0.4, -0.2) is 12.0 Å². The Morgan fingerprint density at radius 2 is 2.05 bits per heavy atom. The van der Waals surface area contributed by atoms with Gasteiger partial charge in [0, 0.05) is 12.1 Å². The van der Waals surface area contributed by atoms with Gasteiger partial charge in [0.15, 0.2) is 0 Å². The van der Waals surface area contributed by atoms with Gasteiger partial charge in [0.2, 0.25) is 11.6 Å². The van der Waals surface area contributed by atoms with Gasteiger partial charge in [-0.3, -0.25) is 10.1 Å². The molecule has 0 aliphatic heterocycles. The fourth-order valence-corrected chi connectivity index (χ4v) is 1.91. The molecule has 0 saturated heterocycles. The molecule has 0 atom stereocenters. The molecule has 0 bridgehead atoms. The molecule has 8 heteroatoms. The third kappa shape index (κ3) is 3.07. The standard InChI is InChI=1S/C14H8ClFN2O4/c1-21-9-5-11(16)14(18(19)20)13(6-9)22-12-3-2-8(7-17)4-10(12)15/h2-6H,1H3. The van der Waals surface area contributed by atoms with Crippen molar-refractivity contribution in [2.24, 2.45) is 0 Å². The second-order valence-corrected chi connectivity index (χ2v) is 4.48. The Balaban J connectivity index is 2.51. The van der Waals surface area contributed by atoms with Crippen molar-refractivity contribution in [3.05, 3.63) is 56.8 Å². The highest BCUT2D eigenvalue weighted by Gasteiger charge is 2.24. The van der Waals surface area contributed by atoms with Crippen LogP contribution in [0.4, 0.5) is 10.1 Å². The summed E-state index contributed by atoms with van der Waals surface area (Å²) >= 11 is 5.93. The minimum atomic E-state index is -1.09. The van der Waals surface area contributed by atoms with Crippen LogP contribution in [-0.2, 0) is 0 Å². The van der Waals surface area contributed by atoms with Crippen LogP contribution in [0.2, 0.25) is 5.02 Å². The minimum absolute atomic E-state index is 0.0522. The quantitative estimate of drug-likeness (QED) is 0.626. The number of methoxy groups -OCH3 is 1. The Labute approximate surface area is 129 Å². The molecule has 0 saturated carbocycles. The summed E-state index contributed by atoms with van der Waals surface area (Å²) in [4.78, 5) is 10.1. The second kappa shape index (κ2) is 6.28. The zero-order chi connectivity index (χ0) is 16.3. The van der Waals surface area contributed by atoms with E-state index in [1.807, 2.05) is 6.07 Å². The Bertz CT molecular complexity index is 789. The van der Waals surface area contributed by atoms with Gasteiger partial charge in [-0.2, -0.15) is 9.65 Å². The summed E-state index contributed by atoms with van der Waals surface area (Å²) in [6.45, 7) is 0. The molecule has 22 heavy (non-hydrogen) atoms. The Kier molecular flexibility index (Phi) is 4.44. The summed E-state index contributed by atoms with van der Waals surface area (Å²) in [5.41, 5.74) is -0.537. The Hall–Kier alpha value is -2.85. The summed E-state index contributed by atoms with van der Waals surface area (Å²) in [7, 11) is 1.29. The molecule has 0 unspecified atom stereocenters. The maximum absolute atomic E-state index is 13.8. The Morgan fingerprint density at radius 1 is 1.32 bits per heavy atom. The lowest BCUT2D eigenvalue weighted by Crippen LogP contribution is -1.98. The van der Waals surface area contributed by atoms with Crippen LogP contribution in [0.1, 0.15) is 5.56 Å². The van der Waals surface area contributed by atoms with Crippen molar-refractivity contribution in [2.45, 2.75) is 0 Å². The molecule has 0 aliphatic rings. The van der Waals surface area contributed by atoms with Gasteiger partial charge in [-0.05, 0) is 18.2 Å². The summed E-state index contributed by atoms with van der Waals surface area (Å²) in [6, 6.07) is 8.06. The fraction of sp³-hybridized carbons (Fsp3) is 0.0714. The molecule has 0 spiro atoms. The maximum Gasteiger partial charge on any atom is 0.347 e.